The summed E-state index contributed by atoms with van der Waals surface area (Å²) in [5, 5.41) is 0. The van der Waals surface area contributed by atoms with Crippen LogP contribution >= 0.6 is 0 Å². The van der Waals surface area contributed by atoms with Crippen LogP contribution in [0.25, 0.3) is 0 Å². The number of rotatable bonds is 6. The molecule has 29 heavy (non-hydrogen) atoms. The summed E-state index contributed by atoms with van der Waals surface area (Å²) in [6, 6.07) is 41.8. The number of hydrogen-bond acceptors (Lipinski definition) is 1. The van der Waals surface area contributed by atoms with E-state index >= 15 is 0 Å². The second-order valence-corrected chi connectivity index (χ2v) is 11.3. The van der Waals surface area contributed by atoms with Crippen molar-refractivity contribution in [3.05, 3.63) is 144 Å². The van der Waals surface area contributed by atoms with E-state index in [-0.39, 0.29) is 11.1 Å². The zero-order chi connectivity index (χ0) is 20.1. The van der Waals surface area contributed by atoms with E-state index in [9.17, 15) is 4.80 Å². The standard InChI is InChI=1S/C27H26OSi/c1-29(28,26(22-14-6-2-7-15-22)23-16-8-3-9-17-23)27(24-18-10-4-11-19-24)25-20-12-5-13-21-25/h2-21,26-28H,1H3. The van der Waals surface area contributed by atoms with Crippen molar-refractivity contribution in [1.82, 2.24) is 0 Å². The summed E-state index contributed by atoms with van der Waals surface area (Å²) >= 11 is 0. The molecule has 2 heteroatoms. The topological polar surface area (TPSA) is 20.2 Å². The quantitative estimate of drug-likeness (QED) is 0.381. The average molecular weight is 395 g/mol. The van der Waals surface area contributed by atoms with Crippen LogP contribution in [0.15, 0.2) is 121 Å². The van der Waals surface area contributed by atoms with Gasteiger partial charge < -0.3 is 4.80 Å². The Morgan fingerprint density at radius 1 is 0.448 bits per heavy atom. The normalized spacial score (nSPS) is 11.7. The fourth-order valence-electron chi connectivity index (χ4n) is 4.48. The van der Waals surface area contributed by atoms with Gasteiger partial charge in [0.25, 0.3) is 0 Å². The third-order valence-corrected chi connectivity index (χ3v) is 9.37. The average Bonchev–Trinajstić information content (AvgIpc) is 2.77. The zero-order valence-electron chi connectivity index (χ0n) is 16.6. The molecule has 0 aliphatic rings. The smallest absolute Gasteiger partial charge is 0.208 e. The molecule has 0 radical (unpaired) electrons. The summed E-state index contributed by atoms with van der Waals surface area (Å²) < 4.78 is 0. The molecule has 0 heterocycles. The molecule has 0 unspecified atom stereocenters. The van der Waals surface area contributed by atoms with Crippen LogP contribution in [0.2, 0.25) is 6.55 Å². The molecule has 0 saturated heterocycles. The van der Waals surface area contributed by atoms with Crippen LogP contribution in [0.4, 0.5) is 0 Å². The Labute approximate surface area is 174 Å². The van der Waals surface area contributed by atoms with E-state index in [0.717, 1.165) is 0 Å². The van der Waals surface area contributed by atoms with E-state index in [1.165, 1.54) is 22.3 Å². The Kier molecular flexibility index (Phi) is 5.75. The summed E-state index contributed by atoms with van der Waals surface area (Å²) in [4.78, 5) is 12.4. The minimum atomic E-state index is -2.93. The summed E-state index contributed by atoms with van der Waals surface area (Å²) in [7, 11) is -2.93. The Hall–Kier alpha value is -2.94. The first-order valence-corrected chi connectivity index (χ1v) is 12.7. The third-order valence-electron chi connectivity index (χ3n) is 5.70. The van der Waals surface area contributed by atoms with E-state index in [0.29, 0.717) is 0 Å². The Bertz CT molecular complexity index is 851. The summed E-state index contributed by atoms with van der Waals surface area (Å²) in [6.07, 6.45) is 0. The predicted molar refractivity (Wildman–Crippen MR) is 123 cm³/mol. The highest BCUT2D eigenvalue weighted by atomic mass is 28.4. The molecule has 0 spiro atoms. The first kappa shape index (κ1) is 19.4. The van der Waals surface area contributed by atoms with Crippen molar-refractivity contribution in [2.24, 2.45) is 0 Å². The van der Waals surface area contributed by atoms with Crippen LogP contribution in [0.5, 0.6) is 0 Å². The van der Waals surface area contributed by atoms with Crippen LogP contribution in [0.3, 0.4) is 0 Å². The lowest BCUT2D eigenvalue weighted by Crippen LogP contribution is -2.46. The zero-order valence-corrected chi connectivity index (χ0v) is 17.6. The Balaban J connectivity index is 1.91. The van der Waals surface area contributed by atoms with E-state index in [1.807, 2.05) is 24.3 Å². The lowest BCUT2D eigenvalue weighted by atomic mass is 10.0. The molecule has 4 aromatic rings. The first-order valence-electron chi connectivity index (χ1n) is 10.1. The fourth-order valence-corrected chi connectivity index (χ4v) is 8.29. The molecule has 0 fully saturated rings. The van der Waals surface area contributed by atoms with Crippen LogP contribution in [0, 0.1) is 0 Å². The minimum absolute atomic E-state index is 0.0321. The largest absolute Gasteiger partial charge is 0.430 e. The second kappa shape index (κ2) is 8.60. The van der Waals surface area contributed by atoms with Crippen molar-refractivity contribution in [3.63, 3.8) is 0 Å². The molecule has 1 N–H and O–H groups in total. The van der Waals surface area contributed by atoms with Gasteiger partial charge in [-0.3, -0.25) is 0 Å². The third kappa shape index (κ3) is 4.09. The van der Waals surface area contributed by atoms with E-state index in [2.05, 4.69) is 104 Å². The molecule has 4 aromatic carbocycles. The van der Waals surface area contributed by atoms with Gasteiger partial charge in [0, 0.05) is 11.1 Å². The van der Waals surface area contributed by atoms with Gasteiger partial charge in [-0.05, 0) is 28.8 Å². The number of hydrogen-bond donors (Lipinski definition) is 1. The molecule has 1 nitrogen and oxygen atoms in total. The molecule has 0 saturated carbocycles. The molecule has 0 aliphatic carbocycles. The van der Waals surface area contributed by atoms with Gasteiger partial charge in [0.15, 0.2) is 0 Å². The molecular weight excluding hydrogens is 368 g/mol. The first-order chi connectivity index (χ1) is 14.2. The molecule has 0 amide bonds. The van der Waals surface area contributed by atoms with Crippen molar-refractivity contribution in [3.8, 4) is 0 Å². The maximum atomic E-state index is 12.4. The molecule has 0 atom stereocenters. The van der Waals surface area contributed by atoms with Gasteiger partial charge in [-0.1, -0.05) is 121 Å². The molecule has 0 bridgehead atoms. The van der Waals surface area contributed by atoms with Crippen molar-refractivity contribution in [1.29, 1.82) is 0 Å². The molecular formula is C27H26OSi. The highest BCUT2D eigenvalue weighted by Crippen LogP contribution is 2.43. The lowest BCUT2D eigenvalue weighted by molar-refractivity contribution is 0.512. The summed E-state index contributed by atoms with van der Waals surface area (Å²) in [6.45, 7) is 2.11. The van der Waals surface area contributed by atoms with Crippen LogP contribution in [-0.2, 0) is 0 Å². The molecule has 4 rings (SSSR count). The summed E-state index contributed by atoms with van der Waals surface area (Å²) in [5.41, 5.74) is 4.63. The molecule has 0 aliphatic heterocycles. The fraction of sp³-hybridized carbons (Fsp3) is 0.111. The van der Waals surface area contributed by atoms with E-state index in [1.54, 1.807) is 0 Å². The lowest BCUT2D eigenvalue weighted by Gasteiger charge is -2.38. The monoisotopic (exact) mass is 394 g/mol. The Morgan fingerprint density at radius 2 is 0.655 bits per heavy atom. The highest BCUT2D eigenvalue weighted by molar-refractivity contribution is 6.75. The molecule has 144 valence electrons. The maximum absolute atomic E-state index is 12.4. The van der Waals surface area contributed by atoms with Gasteiger partial charge >= 0.3 is 0 Å². The Morgan fingerprint density at radius 3 is 0.862 bits per heavy atom. The summed E-state index contributed by atoms with van der Waals surface area (Å²) in [5.74, 6) is 0. The van der Waals surface area contributed by atoms with Crippen molar-refractivity contribution in [2.45, 2.75) is 17.6 Å². The van der Waals surface area contributed by atoms with Crippen molar-refractivity contribution >= 4 is 8.32 Å². The van der Waals surface area contributed by atoms with Gasteiger partial charge in [0.05, 0.1) is 0 Å². The predicted octanol–water partition coefficient (Wildman–Crippen LogP) is 6.30. The maximum Gasteiger partial charge on any atom is 0.208 e. The van der Waals surface area contributed by atoms with Crippen LogP contribution in [0.1, 0.15) is 33.3 Å². The van der Waals surface area contributed by atoms with E-state index < -0.39 is 8.32 Å². The van der Waals surface area contributed by atoms with Crippen molar-refractivity contribution in [2.75, 3.05) is 0 Å². The second-order valence-electron chi connectivity index (χ2n) is 7.73. The van der Waals surface area contributed by atoms with Gasteiger partial charge in [-0.15, -0.1) is 0 Å². The van der Waals surface area contributed by atoms with Gasteiger partial charge in [-0.25, -0.2) is 0 Å². The minimum Gasteiger partial charge on any atom is -0.430 e. The van der Waals surface area contributed by atoms with Crippen molar-refractivity contribution < 1.29 is 4.80 Å². The SMILES string of the molecule is C[Si](O)(C(c1ccccc1)c1ccccc1)C(c1ccccc1)c1ccccc1. The van der Waals surface area contributed by atoms with Gasteiger partial charge in [0.2, 0.25) is 8.32 Å². The van der Waals surface area contributed by atoms with Gasteiger partial charge in [0.1, 0.15) is 0 Å². The molecule has 0 aromatic heterocycles. The number of benzene rings is 4. The highest BCUT2D eigenvalue weighted by Gasteiger charge is 2.45. The van der Waals surface area contributed by atoms with Crippen LogP contribution in [-0.4, -0.2) is 13.1 Å². The van der Waals surface area contributed by atoms with Gasteiger partial charge in [-0.2, -0.15) is 0 Å². The van der Waals surface area contributed by atoms with Crippen LogP contribution < -0.4 is 0 Å². The van der Waals surface area contributed by atoms with E-state index in [4.69, 9.17) is 0 Å².